The van der Waals surface area contributed by atoms with Crippen LogP contribution in [0.15, 0.2) is 36.4 Å². The average molecular weight is 249 g/mol. The van der Waals surface area contributed by atoms with E-state index in [4.69, 9.17) is 0 Å². The predicted molar refractivity (Wildman–Crippen MR) is 65.2 cm³/mol. The van der Waals surface area contributed by atoms with Gasteiger partial charge in [0.05, 0.1) is 5.56 Å². The van der Waals surface area contributed by atoms with Crippen molar-refractivity contribution in [2.45, 2.75) is 20.0 Å². The third kappa shape index (κ3) is 2.40. The maximum atomic E-state index is 13.1. The fraction of sp³-hybridized carbons (Fsp3) is 0.200. The average Bonchev–Trinajstić information content (AvgIpc) is 2.28. The smallest absolute Gasteiger partial charge is 0.166 e. The first-order chi connectivity index (χ1) is 8.39. The van der Waals surface area contributed by atoms with Crippen LogP contribution < -0.4 is 0 Å². The first-order valence-corrected chi connectivity index (χ1v) is 5.54. The molecule has 18 heavy (non-hydrogen) atoms. The number of aryl methyl sites for hydroxylation is 2. The summed E-state index contributed by atoms with van der Waals surface area (Å²) >= 11 is 0. The maximum Gasteiger partial charge on any atom is 0.417 e. The molecule has 0 spiro atoms. The van der Waals surface area contributed by atoms with Gasteiger partial charge in [0, 0.05) is 0 Å². The van der Waals surface area contributed by atoms with Gasteiger partial charge in [-0.15, -0.1) is 0 Å². The van der Waals surface area contributed by atoms with Gasteiger partial charge in [0.15, 0.2) is 0 Å². The summed E-state index contributed by atoms with van der Waals surface area (Å²) < 4.78 is 39.3. The van der Waals surface area contributed by atoms with E-state index >= 15 is 0 Å². The highest BCUT2D eigenvalue weighted by Gasteiger charge is 2.34. The lowest BCUT2D eigenvalue weighted by Gasteiger charge is -2.16. The number of halogens is 3. The Morgan fingerprint density at radius 2 is 1.83 bits per heavy atom. The highest BCUT2D eigenvalue weighted by Crippen LogP contribution is 2.39. The standard InChI is InChI=1S/C15H12F3/c1-10-8-11(2)14(12-6-4-3-5-7-12)13(9-10)15(16,17)18/h3-4,6-9H,1-2H3. The number of benzene rings is 2. The molecule has 0 N–H and O–H groups in total. The second-order valence-electron chi connectivity index (χ2n) is 4.29. The second-order valence-corrected chi connectivity index (χ2v) is 4.29. The largest absolute Gasteiger partial charge is 0.417 e. The molecule has 0 nitrogen and oxygen atoms in total. The quantitative estimate of drug-likeness (QED) is 0.681. The minimum atomic E-state index is -4.35. The summed E-state index contributed by atoms with van der Waals surface area (Å²) in [5, 5.41) is 0. The van der Waals surface area contributed by atoms with Gasteiger partial charge in [-0.2, -0.15) is 13.2 Å². The Balaban J connectivity index is 2.74. The van der Waals surface area contributed by atoms with Crippen LogP contribution in [0.25, 0.3) is 11.1 Å². The zero-order chi connectivity index (χ0) is 13.3. The molecular weight excluding hydrogens is 237 g/mol. The van der Waals surface area contributed by atoms with E-state index in [1.165, 1.54) is 6.07 Å². The summed E-state index contributed by atoms with van der Waals surface area (Å²) in [4.78, 5) is 0. The molecule has 1 radical (unpaired) electrons. The number of alkyl halides is 3. The van der Waals surface area contributed by atoms with Gasteiger partial charge in [0.2, 0.25) is 0 Å². The SMILES string of the molecule is Cc1cc(C)c(-c2c[c]ccc2)c(C(F)(F)F)c1. The molecule has 0 aliphatic heterocycles. The maximum absolute atomic E-state index is 13.1. The minimum absolute atomic E-state index is 0.241. The van der Waals surface area contributed by atoms with E-state index in [1.54, 1.807) is 44.2 Å². The van der Waals surface area contributed by atoms with Crippen LogP contribution in [0.5, 0.6) is 0 Å². The zero-order valence-electron chi connectivity index (χ0n) is 10.1. The van der Waals surface area contributed by atoms with Gasteiger partial charge in [-0.25, -0.2) is 0 Å². The van der Waals surface area contributed by atoms with E-state index in [2.05, 4.69) is 6.07 Å². The Hall–Kier alpha value is -1.77. The Morgan fingerprint density at radius 3 is 2.39 bits per heavy atom. The molecule has 93 valence electrons. The van der Waals surface area contributed by atoms with Crippen LogP contribution in [-0.4, -0.2) is 0 Å². The van der Waals surface area contributed by atoms with Crippen LogP contribution in [0.3, 0.4) is 0 Å². The van der Waals surface area contributed by atoms with Gasteiger partial charge in [-0.1, -0.05) is 29.8 Å². The molecule has 0 saturated carbocycles. The predicted octanol–water partition coefficient (Wildman–Crippen LogP) is 4.79. The van der Waals surface area contributed by atoms with Crippen molar-refractivity contribution in [2.75, 3.05) is 0 Å². The summed E-state index contributed by atoms with van der Waals surface area (Å²) in [5.74, 6) is 0. The zero-order valence-corrected chi connectivity index (χ0v) is 10.1. The molecule has 0 fully saturated rings. The Kier molecular flexibility index (Phi) is 3.16. The molecule has 0 aliphatic rings. The third-order valence-corrected chi connectivity index (χ3v) is 2.78. The first kappa shape index (κ1) is 12.7. The monoisotopic (exact) mass is 249 g/mol. The van der Waals surface area contributed by atoms with Crippen LogP contribution >= 0.6 is 0 Å². The van der Waals surface area contributed by atoms with E-state index < -0.39 is 11.7 Å². The normalized spacial score (nSPS) is 11.6. The van der Waals surface area contributed by atoms with Crippen molar-refractivity contribution in [2.24, 2.45) is 0 Å². The van der Waals surface area contributed by atoms with E-state index in [0.29, 0.717) is 16.7 Å². The Morgan fingerprint density at radius 1 is 1.11 bits per heavy atom. The van der Waals surface area contributed by atoms with Crippen LogP contribution in [0.2, 0.25) is 0 Å². The fourth-order valence-electron chi connectivity index (χ4n) is 2.12. The summed E-state index contributed by atoms with van der Waals surface area (Å²) in [7, 11) is 0. The Bertz CT molecular complexity index is 554. The van der Waals surface area contributed by atoms with Crippen molar-refractivity contribution in [1.82, 2.24) is 0 Å². The third-order valence-electron chi connectivity index (χ3n) is 2.78. The van der Waals surface area contributed by atoms with E-state index in [-0.39, 0.29) is 5.56 Å². The van der Waals surface area contributed by atoms with Crippen molar-refractivity contribution in [3.63, 3.8) is 0 Å². The molecule has 0 amide bonds. The second kappa shape index (κ2) is 4.48. The molecule has 2 aromatic rings. The molecule has 0 aromatic heterocycles. The van der Waals surface area contributed by atoms with Crippen molar-refractivity contribution in [3.05, 3.63) is 59.2 Å². The molecule has 0 bridgehead atoms. The minimum Gasteiger partial charge on any atom is -0.166 e. The number of hydrogen-bond donors (Lipinski definition) is 0. The molecule has 0 atom stereocenters. The summed E-state index contributed by atoms with van der Waals surface area (Å²) in [6, 6.07) is 12.4. The molecule has 0 unspecified atom stereocenters. The van der Waals surface area contributed by atoms with Crippen molar-refractivity contribution in [1.29, 1.82) is 0 Å². The lowest BCUT2D eigenvalue weighted by atomic mass is 9.93. The van der Waals surface area contributed by atoms with Crippen molar-refractivity contribution in [3.8, 4) is 11.1 Å². The van der Waals surface area contributed by atoms with E-state index in [9.17, 15) is 13.2 Å². The van der Waals surface area contributed by atoms with Gasteiger partial charge in [0.25, 0.3) is 0 Å². The van der Waals surface area contributed by atoms with Gasteiger partial charge >= 0.3 is 6.18 Å². The lowest BCUT2D eigenvalue weighted by Crippen LogP contribution is -2.09. The molecule has 0 heterocycles. The van der Waals surface area contributed by atoms with Gasteiger partial charge in [-0.05, 0) is 48.7 Å². The number of rotatable bonds is 1. The fourth-order valence-corrected chi connectivity index (χ4v) is 2.12. The van der Waals surface area contributed by atoms with Crippen molar-refractivity contribution < 1.29 is 13.2 Å². The van der Waals surface area contributed by atoms with Crippen LogP contribution in [-0.2, 0) is 6.18 Å². The molecule has 3 heteroatoms. The highest BCUT2D eigenvalue weighted by atomic mass is 19.4. The topological polar surface area (TPSA) is 0 Å². The van der Waals surface area contributed by atoms with Crippen LogP contribution in [0.1, 0.15) is 16.7 Å². The molecular formula is C15H12F3. The van der Waals surface area contributed by atoms with Gasteiger partial charge < -0.3 is 0 Å². The lowest BCUT2D eigenvalue weighted by molar-refractivity contribution is -0.137. The van der Waals surface area contributed by atoms with Gasteiger partial charge in [-0.3, -0.25) is 0 Å². The molecule has 2 aromatic carbocycles. The summed E-state index contributed by atoms with van der Waals surface area (Å²) in [5.41, 5.74) is 1.44. The van der Waals surface area contributed by atoms with E-state index in [0.717, 1.165) is 0 Å². The first-order valence-electron chi connectivity index (χ1n) is 5.54. The van der Waals surface area contributed by atoms with Crippen LogP contribution in [0.4, 0.5) is 13.2 Å². The van der Waals surface area contributed by atoms with E-state index in [1.807, 2.05) is 0 Å². The number of hydrogen-bond acceptors (Lipinski definition) is 0. The van der Waals surface area contributed by atoms with Crippen molar-refractivity contribution >= 4 is 0 Å². The molecule has 0 aliphatic carbocycles. The summed E-state index contributed by atoms with van der Waals surface area (Å²) in [6.45, 7) is 3.37. The molecule has 2 rings (SSSR count). The van der Waals surface area contributed by atoms with Gasteiger partial charge in [0.1, 0.15) is 0 Å². The Labute approximate surface area is 104 Å². The molecule has 0 saturated heterocycles. The summed E-state index contributed by atoms with van der Waals surface area (Å²) in [6.07, 6.45) is -4.35. The highest BCUT2D eigenvalue weighted by molar-refractivity contribution is 5.72. The van der Waals surface area contributed by atoms with Crippen LogP contribution in [0, 0.1) is 19.9 Å².